The highest BCUT2D eigenvalue weighted by Crippen LogP contribution is 2.26. The molecule has 0 fully saturated rings. The first-order valence-electron chi connectivity index (χ1n) is 8.26. The van der Waals surface area contributed by atoms with Gasteiger partial charge in [0.1, 0.15) is 6.04 Å². The van der Waals surface area contributed by atoms with Gasteiger partial charge in [-0.2, -0.15) is 0 Å². The van der Waals surface area contributed by atoms with E-state index in [0.717, 1.165) is 21.9 Å². The number of benzene rings is 2. The number of carbonyl (C=O) groups excluding carboxylic acids is 1. The molecule has 0 heterocycles. The van der Waals surface area contributed by atoms with Crippen molar-refractivity contribution in [3.05, 3.63) is 58.1 Å². The first-order chi connectivity index (χ1) is 12.1. The quantitative estimate of drug-likeness (QED) is 0.732. The predicted molar refractivity (Wildman–Crippen MR) is 110 cm³/mol. The summed E-state index contributed by atoms with van der Waals surface area (Å²) < 4.78 is 27.0. The fourth-order valence-corrected chi connectivity index (χ4v) is 4.15. The molecule has 0 aromatic heterocycles. The molecule has 140 valence electrons. The van der Waals surface area contributed by atoms with Crippen molar-refractivity contribution in [2.45, 2.75) is 33.2 Å². The number of hydrogen-bond donors (Lipinski definition) is 1. The standard InChI is InChI=1S/C19H23BrN2O3S/c1-5-18(19(23)21-16-9-7-15(20)8-10-16)22(26(4,24)25)17-11-6-13(2)14(3)12-17/h6-12,18H,5H2,1-4H3,(H,21,23)/t18-/m0/s1. The topological polar surface area (TPSA) is 66.5 Å². The number of amides is 1. The van der Waals surface area contributed by atoms with Gasteiger partial charge in [0.15, 0.2) is 0 Å². The average molecular weight is 439 g/mol. The van der Waals surface area contributed by atoms with Gasteiger partial charge in [-0.3, -0.25) is 9.10 Å². The maximum atomic E-state index is 12.8. The Morgan fingerprint density at radius 1 is 1.12 bits per heavy atom. The van der Waals surface area contributed by atoms with Crippen LogP contribution in [-0.4, -0.2) is 26.6 Å². The van der Waals surface area contributed by atoms with Crippen LogP contribution in [0.5, 0.6) is 0 Å². The first kappa shape index (κ1) is 20.5. The molecule has 0 saturated heterocycles. The van der Waals surface area contributed by atoms with Gasteiger partial charge >= 0.3 is 0 Å². The summed E-state index contributed by atoms with van der Waals surface area (Å²) in [6.45, 7) is 5.68. The van der Waals surface area contributed by atoms with E-state index in [1.54, 1.807) is 31.2 Å². The molecule has 26 heavy (non-hydrogen) atoms. The summed E-state index contributed by atoms with van der Waals surface area (Å²) in [5.41, 5.74) is 3.15. The van der Waals surface area contributed by atoms with Crippen molar-refractivity contribution >= 4 is 43.2 Å². The molecule has 0 saturated carbocycles. The summed E-state index contributed by atoms with van der Waals surface area (Å²) in [7, 11) is -3.64. The Balaban J connectivity index is 2.39. The van der Waals surface area contributed by atoms with Crippen LogP contribution in [0.15, 0.2) is 46.9 Å². The second-order valence-corrected chi connectivity index (χ2v) is 9.02. The summed E-state index contributed by atoms with van der Waals surface area (Å²) in [5, 5.41) is 2.80. The SMILES string of the molecule is CC[C@@H](C(=O)Nc1ccc(Br)cc1)N(c1ccc(C)c(C)c1)S(C)(=O)=O. The minimum atomic E-state index is -3.64. The van der Waals surface area contributed by atoms with Gasteiger partial charge in [-0.1, -0.05) is 28.9 Å². The third-order valence-electron chi connectivity index (χ3n) is 4.19. The van der Waals surface area contributed by atoms with E-state index in [1.165, 1.54) is 4.31 Å². The normalized spacial score (nSPS) is 12.5. The van der Waals surface area contributed by atoms with Gasteiger partial charge in [-0.05, 0) is 67.8 Å². The Hall–Kier alpha value is -1.86. The van der Waals surface area contributed by atoms with Crippen LogP contribution in [0.3, 0.4) is 0 Å². The fraction of sp³-hybridized carbons (Fsp3) is 0.316. The van der Waals surface area contributed by atoms with Gasteiger partial charge in [0.05, 0.1) is 11.9 Å². The van der Waals surface area contributed by atoms with Crippen LogP contribution in [-0.2, 0) is 14.8 Å². The Morgan fingerprint density at radius 2 is 1.73 bits per heavy atom. The minimum Gasteiger partial charge on any atom is -0.324 e. The van der Waals surface area contributed by atoms with Gasteiger partial charge in [0.2, 0.25) is 15.9 Å². The van der Waals surface area contributed by atoms with Gasteiger partial charge in [0.25, 0.3) is 0 Å². The lowest BCUT2D eigenvalue weighted by Crippen LogP contribution is -2.47. The Kier molecular flexibility index (Phi) is 6.47. The molecule has 2 aromatic carbocycles. The lowest BCUT2D eigenvalue weighted by Gasteiger charge is -2.30. The molecule has 0 aliphatic carbocycles. The lowest BCUT2D eigenvalue weighted by molar-refractivity contribution is -0.117. The summed E-state index contributed by atoms with van der Waals surface area (Å²) in [4.78, 5) is 12.8. The molecule has 0 bridgehead atoms. The van der Waals surface area contributed by atoms with Crippen LogP contribution >= 0.6 is 15.9 Å². The number of halogens is 1. The number of rotatable bonds is 6. The van der Waals surface area contributed by atoms with E-state index in [0.29, 0.717) is 17.8 Å². The highest BCUT2D eigenvalue weighted by molar-refractivity contribution is 9.10. The first-order valence-corrected chi connectivity index (χ1v) is 10.9. The molecule has 7 heteroatoms. The van der Waals surface area contributed by atoms with Crippen molar-refractivity contribution in [2.75, 3.05) is 15.9 Å². The van der Waals surface area contributed by atoms with Crippen LogP contribution in [0.2, 0.25) is 0 Å². The van der Waals surface area contributed by atoms with Gasteiger partial charge in [0, 0.05) is 10.2 Å². The van der Waals surface area contributed by atoms with Crippen molar-refractivity contribution in [1.82, 2.24) is 0 Å². The van der Waals surface area contributed by atoms with Crippen LogP contribution in [0.4, 0.5) is 11.4 Å². The summed E-state index contributed by atoms with van der Waals surface area (Å²) in [6.07, 6.45) is 1.47. The number of hydrogen-bond acceptors (Lipinski definition) is 3. The van der Waals surface area contributed by atoms with E-state index < -0.39 is 16.1 Å². The molecule has 2 rings (SSSR count). The molecule has 0 unspecified atom stereocenters. The van der Waals surface area contributed by atoms with Crippen molar-refractivity contribution < 1.29 is 13.2 Å². The zero-order valence-corrected chi connectivity index (χ0v) is 17.7. The molecule has 5 nitrogen and oxygen atoms in total. The third-order valence-corrected chi connectivity index (χ3v) is 5.90. The van der Waals surface area contributed by atoms with Crippen LogP contribution in [0.25, 0.3) is 0 Å². The summed E-state index contributed by atoms with van der Waals surface area (Å²) in [5.74, 6) is -0.363. The van der Waals surface area contributed by atoms with Gasteiger partial charge < -0.3 is 5.32 Å². The number of nitrogens with zero attached hydrogens (tertiary/aromatic N) is 1. The van der Waals surface area contributed by atoms with E-state index in [2.05, 4.69) is 21.2 Å². The van der Waals surface area contributed by atoms with Crippen LogP contribution < -0.4 is 9.62 Å². The zero-order valence-electron chi connectivity index (χ0n) is 15.3. The minimum absolute atomic E-state index is 0.350. The van der Waals surface area contributed by atoms with Crippen molar-refractivity contribution in [3.63, 3.8) is 0 Å². The van der Waals surface area contributed by atoms with Crippen molar-refractivity contribution in [3.8, 4) is 0 Å². The summed E-state index contributed by atoms with van der Waals surface area (Å²) >= 11 is 3.35. The number of carbonyl (C=O) groups is 1. The summed E-state index contributed by atoms with van der Waals surface area (Å²) in [6, 6.07) is 11.7. The van der Waals surface area contributed by atoms with E-state index in [9.17, 15) is 13.2 Å². The van der Waals surface area contributed by atoms with Crippen molar-refractivity contribution in [2.24, 2.45) is 0 Å². The smallest absolute Gasteiger partial charge is 0.248 e. The van der Waals surface area contributed by atoms with E-state index in [1.807, 2.05) is 32.0 Å². The van der Waals surface area contributed by atoms with Crippen LogP contribution in [0, 0.1) is 13.8 Å². The molecule has 1 N–H and O–H groups in total. The fourth-order valence-electron chi connectivity index (χ4n) is 2.68. The Bertz CT molecular complexity index is 896. The molecule has 0 spiro atoms. The molecule has 1 amide bonds. The third kappa shape index (κ3) is 4.86. The monoisotopic (exact) mass is 438 g/mol. The number of sulfonamides is 1. The Labute approximate surface area is 163 Å². The molecular weight excluding hydrogens is 416 g/mol. The Morgan fingerprint density at radius 3 is 2.23 bits per heavy atom. The maximum Gasteiger partial charge on any atom is 0.248 e. The molecule has 2 aromatic rings. The second kappa shape index (κ2) is 8.22. The molecule has 0 aliphatic rings. The van der Waals surface area contributed by atoms with E-state index in [4.69, 9.17) is 0 Å². The molecule has 0 aliphatic heterocycles. The van der Waals surface area contributed by atoms with Gasteiger partial charge in [-0.15, -0.1) is 0 Å². The number of aryl methyl sites for hydroxylation is 2. The van der Waals surface area contributed by atoms with Crippen molar-refractivity contribution in [1.29, 1.82) is 0 Å². The second-order valence-electron chi connectivity index (χ2n) is 6.25. The lowest BCUT2D eigenvalue weighted by atomic mass is 10.1. The molecule has 1 atom stereocenters. The number of anilines is 2. The highest BCUT2D eigenvalue weighted by Gasteiger charge is 2.31. The van der Waals surface area contributed by atoms with E-state index >= 15 is 0 Å². The largest absolute Gasteiger partial charge is 0.324 e. The maximum absolute atomic E-state index is 12.8. The number of nitrogens with one attached hydrogen (secondary N) is 1. The molecule has 0 radical (unpaired) electrons. The van der Waals surface area contributed by atoms with E-state index in [-0.39, 0.29) is 5.91 Å². The average Bonchev–Trinajstić information content (AvgIpc) is 2.56. The predicted octanol–water partition coefficient (Wildman–Crippen LogP) is 4.25. The molecular formula is C19H23BrN2O3S. The van der Waals surface area contributed by atoms with Crippen LogP contribution in [0.1, 0.15) is 24.5 Å². The highest BCUT2D eigenvalue weighted by atomic mass is 79.9. The zero-order chi connectivity index (χ0) is 19.5. The van der Waals surface area contributed by atoms with Gasteiger partial charge in [-0.25, -0.2) is 8.42 Å².